The fourth-order valence-electron chi connectivity index (χ4n) is 2.17. The number of anilines is 1. The number of urea groups is 1. The lowest BCUT2D eigenvalue weighted by molar-refractivity contribution is 0.250. The average molecular weight is 316 g/mol. The number of sulfone groups is 1. The molecule has 2 amide bonds. The highest BCUT2D eigenvalue weighted by atomic mass is 32.2. The lowest BCUT2D eigenvalue weighted by atomic mass is 10.1. The van der Waals surface area contributed by atoms with Crippen LogP contribution in [0.2, 0.25) is 0 Å². The minimum atomic E-state index is -2.92. The van der Waals surface area contributed by atoms with Crippen LogP contribution in [0.1, 0.15) is 26.2 Å². The third-order valence-electron chi connectivity index (χ3n) is 3.36. The third kappa shape index (κ3) is 4.66. The summed E-state index contributed by atoms with van der Waals surface area (Å²) in [4.78, 5) is 11.8. The van der Waals surface area contributed by atoms with Crippen molar-refractivity contribution < 1.29 is 13.2 Å². The number of unbranched alkanes of at least 4 members (excludes halogenated alkanes) is 1. The quantitative estimate of drug-likeness (QED) is 0.764. The highest BCUT2D eigenvalue weighted by molar-refractivity contribution is 7.91. The lowest BCUT2D eigenvalue weighted by Gasteiger charge is -2.10. The summed E-state index contributed by atoms with van der Waals surface area (Å²) in [7, 11) is -2.92. The van der Waals surface area contributed by atoms with E-state index in [-0.39, 0.29) is 17.4 Å². The first-order chi connectivity index (χ1) is 10.00. The molecule has 0 aromatic carbocycles. The zero-order chi connectivity index (χ0) is 15.3. The molecule has 2 N–H and O–H groups in total. The van der Waals surface area contributed by atoms with E-state index in [0.29, 0.717) is 25.5 Å². The number of amides is 2. The van der Waals surface area contributed by atoms with Gasteiger partial charge in [-0.25, -0.2) is 17.9 Å². The summed E-state index contributed by atoms with van der Waals surface area (Å²) >= 11 is 0. The molecule has 1 aliphatic rings. The maximum atomic E-state index is 11.8. The zero-order valence-electron chi connectivity index (χ0n) is 11.9. The van der Waals surface area contributed by atoms with Crippen molar-refractivity contribution in [3.63, 3.8) is 0 Å². The summed E-state index contributed by atoms with van der Waals surface area (Å²) < 4.78 is 24.2. The molecule has 0 bridgehead atoms. The van der Waals surface area contributed by atoms with Crippen molar-refractivity contribution in [2.45, 2.75) is 32.7 Å². The molecule has 9 nitrogen and oxygen atoms in total. The molecule has 1 atom stereocenters. The Bertz CT molecular complexity index is 585. The molecule has 0 saturated carbocycles. The minimum Gasteiger partial charge on any atom is -0.337 e. The second-order valence-electron chi connectivity index (χ2n) is 5.18. The standard InChI is InChI=1S/C11H20N6O3S/c1-2-3-5-17-10(14-15-16-17)13-11(18)12-7-9-4-6-21(19,20)8-9/h9H,2-8H2,1H3,(H2,12,13,14,16,18)/t9-/m0/s1. The van der Waals surface area contributed by atoms with Crippen molar-refractivity contribution in [3.05, 3.63) is 0 Å². The highest BCUT2D eigenvalue weighted by Gasteiger charge is 2.28. The Morgan fingerprint density at radius 2 is 2.29 bits per heavy atom. The van der Waals surface area contributed by atoms with Gasteiger partial charge in [0.05, 0.1) is 11.5 Å². The van der Waals surface area contributed by atoms with Crippen LogP contribution in [0.4, 0.5) is 10.7 Å². The summed E-state index contributed by atoms with van der Waals surface area (Å²) in [5.41, 5.74) is 0. The highest BCUT2D eigenvalue weighted by Crippen LogP contribution is 2.17. The van der Waals surface area contributed by atoms with Crippen LogP contribution in [0, 0.1) is 5.92 Å². The molecule has 21 heavy (non-hydrogen) atoms. The van der Waals surface area contributed by atoms with E-state index in [0.717, 1.165) is 12.8 Å². The van der Waals surface area contributed by atoms with Gasteiger partial charge in [-0.15, -0.1) is 0 Å². The summed E-state index contributed by atoms with van der Waals surface area (Å²) in [5, 5.41) is 16.3. The topological polar surface area (TPSA) is 119 Å². The van der Waals surface area contributed by atoms with E-state index >= 15 is 0 Å². The largest absolute Gasteiger partial charge is 0.337 e. The number of aromatic nitrogens is 4. The van der Waals surface area contributed by atoms with Gasteiger partial charge in [-0.05, 0) is 29.2 Å². The number of carbonyl (C=O) groups excluding carboxylic acids is 1. The van der Waals surface area contributed by atoms with Gasteiger partial charge < -0.3 is 5.32 Å². The van der Waals surface area contributed by atoms with Gasteiger partial charge in [0.15, 0.2) is 9.84 Å². The molecule has 1 fully saturated rings. The smallest absolute Gasteiger partial charge is 0.321 e. The van der Waals surface area contributed by atoms with E-state index in [1.54, 1.807) is 0 Å². The number of nitrogens with one attached hydrogen (secondary N) is 2. The first-order valence-electron chi connectivity index (χ1n) is 7.01. The molecule has 0 unspecified atom stereocenters. The van der Waals surface area contributed by atoms with Crippen LogP contribution in [0.3, 0.4) is 0 Å². The molecular formula is C11H20N6O3S. The number of nitrogens with zero attached hydrogens (tertiary/aromatic N) is 4. The number of rotatable bonds is 6. The Kier molecular flexibility index (Phi) is 5.10. The van der Waals surface area contributed by atoms with Gasteiger partial charge in [-0.3, -0.25) is 5.32 Å². The van der Waals surface area contributed by atoms with Gasteiger partial charge in [-0.1, -0.05) is 18.4 Å². The second-order valence-corrected chi connectivity index (χ2v) is 7.41. The van der Waals surface area contributed by atoms with Crippen molar-refractivity contribution in [1.29, 1.82) is 0 Å². The van der Waals surface area contributed by atoms with Crippen LogP contribution >= 0.6 is 0 Å². The van der Waals surface area contributed by atoms with E-state index in [2.05, 4.69) is 33.1 Å². The van der Waals surface area contributed by atoms with Gasteiger partial charge in [-0.2, -0.15) is 0 Å². The van der Waals surface area contributed by atoms with Crippen molar-refractivity contribution in [3.8, 4) is 0 Å². The Morgan fingerprint density at radius 3 is 2.95 bits per heavy atom. The Balaban J connectivity index is 1.78. The van der Waals surface area contributed by atoms with Crippen LogP contribution in [-0.2, 0) is 16.4 Å². The number of hydrogen-bond acceptors (Lipinski definition) is 6. The van der Waals surface area contributed by atoms with E-state index in [1.807, 2.05) is 0 Å². The predicted octanol–water partition coefficient (Wildman–Crippen LogP) is 0.0294. The molecule has 1 aliphatic heterocycles. The first kappa shape index (κ1) is 15.7. The molecule has 1 aromatic rings. The summed E-state index contributed by atoms with van der Waals surface area (Å²) in [6.07, 6.45) is 2.51. The molecule has 1 aromatic heterocycles. The van der Waals surface area contributed by atoms with Crippen molar-refractivity contribution >= 4 is 21.8 Å². The van der Waals surface area contributed by atoms with Crippen molar-refractivity contribution in [2.75, 3.05) is 23.4 Å². The molecule has 2 rings (SSSR count). The molecule has 10 heteroatoms. The number of aryl methyl sites for hydroxylation is 1. The predicted molar refractivity (Wildman–Crippen MR) is 76.5 cm³/mol. The van der Waals surface area contributed by atoms with Crippen molar-refractivity contribution in [1.82, 2.24) is 25.5 Å². The van der Waals surface area contributed by atoms with Crippen LogP contribution in [0.25, 0.3) is 0 Å². The fraction of sp³-hybridized carbons (Fsp3) is 0.818. The monoisotopic (exact) mass is 316 g/mol. The van der Waals surface area contributed by atoms with Crippen LogP contribution < -0.4 is 10.6 Å². The van der Waals surface area contributed by atoms with E-state index in [4.69, 9.17) is 0 Å². The number of hydrogen-bond donors (Lipinski definition) is 2. The SMILES string of the molecule is CCCCn1nnnc1NC(=O)NC[C@@H]1CCS(=O)(=O)C1. The molecule has 118 valence electrons. The van der Waals surface area contributed by atoms with Crippen LogP contribution in [-0.4, -0.2) is 52.7 Å². The maximum absolute atomic E-state index is 11.8. The zero-order valence-corrected chi connectivity index (χ0v) is 12.8. The van der Waals surface area contributed by atoms with Gasteiger partial charge >= 0.3 is 6.03 Å². The minimum absolute atomic E-state index is 0.0168. The number of carbonyl (C=O) groups is 1. The summed E-state index contributed by atoms with van der Waals surface area (Å²) in [6.45, 7) is 3.03. The van der Waals surface area contributed by atoms with Crippen molar-refractivity contribution in [2.24, 2.45) is 5.92 Å². The third-order valence-corrected chi connectivity index (χ3v) is 5.20. The number of tetrazole rings is 1. The normalized spacial score (nSPS) is 20.3. The van der Waals surface area contributed by atoms with Gasteiger partial charge in [0.1, 0.15) is 0 Å². The van der Waals surface area contributed by atoms with E-state index < -0.39 is 15.9 Å². The molecule has 0 aliphatic carbocycles. The van der Waals surface area contributed by atoms with Gasteiger partial charge in [0.25, 0.3) is 5.95 Å². The second kappa shape index (κ2) is 6.83. The van der Waals surface area contributed by atoms with Gasteiger partial charge in [0.2, 0.25) is 0 Å². The lowest BCUT2D eigenvalue weighted by Crippen LogP contribution is -2.34. The van der Waals surface area contributed by atoms with Gasteiger partial charge in [0, 0.05) is 13.1 Å². The molecule has 0 radical (unpaired) electrons. The Labute approximate surface area is 123 Å². The Morgan fingerprint density at radius 1 is 1.48 bits per heavy atom. The summed E-state index contributed by atoms with van der Waals surface area (Å²) in [5.74, 6) is 0.620. The molecule has 1 saturated heterocycles. The Hall–Kier alpha value is -1.71. The maximum Gasteiger partial charge on any atom is 0.321 e. The molecule has 2 heterocycles. The fourth-order valence-corrected chi connectivity index (χ4v) is 4.03. The van der Waals surface area contributed by atoms with Crippen LogP contribution in [0.5, 0.6) is 0 Å². The first-order valence-corrected chi connectivity index (χ1v) is 8.84. The van der Waals surface area contributed by atoms with Crippen LogP contribution in [0.15, 0.2) is 0 Å². The molecular weight excluding hydrogens is 296 g/mol. The van der Waals surface area contributed by atoms with E-state index in [1.165, 1.54) is 4.68 Å². The average Bonchev–Trinajstić information content (AvgIpc) is 3.00. The molecule has 0 spiro atoms. The van der Waals surface area contributed by atoms with E-state index in [9.17, 15) is 13.2 Å². The summed E-state index contributed by atoms with van der Waals surface area (Å²) in [6, 6.07) is -0.424.